The topological polar surface area (TPSA) is 60.7 Å². The molecule has 0 aliphatic rings. The van der Waals surface area contributed by atoms with E-state index in [0.717, 1.165) is 25.7 Å². The fourth-order valence-electron chi connectivity index (χ4n) is 2.91. The van der Waals surface area contributed by atoms with E-state index in [2.05, 4.69) is 13.8 Å². The Morgan fingerprint density at radius 1 is 0.625 bits per heavy atom. The van der Waals surface area contributed by atoms with Crippen LogP contribution < -0.4 is 0 Å². The zero-order chi connectivity index (χ0) is 24.4. The van der Waals surface area contributed by atoms with Gasteiger partial charge in [0.25, 0.3) is 0 Å². The summed E-state index contributed by atoms with van der Waals surface area (Å²) in [5.74, 6) is 0. The molecule has 0 spiro atoms. The van der Waals surface area contributed by atoms with Crippen molar-refractivity contribution in [1.82, 2.24) is 0 Å². The van der Waals surface area contributed by atoms with Gasteiger partial charge in [0.2, 0.25) is 0 Å². The maximum Gasteiger partial charge on any atom is 0.0894 e. The Morgan fingerprint density at radius 3 is 1.25 bits per heavy atom. The van der Waals surface area contributed by atoms with E-state index >= 15 is 0 Å². The second-order valence-corrected chi connectivity index (χ2v) is 8.12. The smallest absolute Gasteiger partial charge is 0.0894 e. The van der Waals surface area contributed by atoms with Crippen LogP contribution in [0.3, 0.4) is 0 Å². The van der Waals surface area contributed by atoms with Crippen LogP contribution in [0.4, 0.5) is 4.39 Å². The Hall–Kier alpha value is 0.693. The predicted molar refractivity (Wildman–Crippen MR) is 137 cm³/mol. The summed E-state index contributed by atoms with van der Waals surface area (Å²) < 4.78 is 11.5. The standard InChI is InChI=1S/C15H32O.C8H16F.2C2H6O.Zr/c1-3-4-5-6-7-8-9-10-11-12-13-14-15(2)16;1-2-3-4-5-6-7-8-9;2*1-2-3;/h15-16H,3-14H2,1-2H3;1-8H2;2*3H,2H2,1H3;/q;-1;;;. The van der Waals surface area contributed by atoms with E-state index < -0.39 is 0 Å². The van der Waals surface area contributed by atoms with Gasteiger partial charge in [0, 0.05) is 39.4 Å². The van der Waals surface area contributed by atoms with Gasteiger partial charge in [-0.1, -0.05) is 103 Å². The van der Waals surface area contributed by atoms with Crippen molar-refractivity contribution in [2.45, 2.75) is 149 Å². The van der Waals surface area contributed by atoms with Crippen LogP contribution in [0.5, 0.6) is 0 Å². The van der Waals surface area contributed by atoms with Gasteiger partial charge in [-0.15, -0.1) is 0 Å². The second kappa shape index (κ2) is 49.0. The van der Waals surface area contributed by atoms with Crippen molar-refractivity contribution in [1.29, 1.82) is 0 Å². The molecule has 0 fully saturated rings. The second-order valence-electron chi connectivity index (χ2n) is 8.12. The molecule has 0 saturated heterocycles. The fourth-order valence-corrected chi connectivity index (χ4v) is 2.91. The molecule has 198 valence electrons. The van der Waals surface area contributed by atoms with Crippen LogP contribution in [0.1, 0.15) is 143 Å². The number of unbranched alkanes of at least 4 members (excludes halogenated alkanes) is 15. The van der Waals surface area contributed by atoms with E-state index in [-0.39, 0.29) is 52.2 Å². The summed E-state index contributed by atoms with van der Waals surface area (Å²) in [6.45, 7) is 11.6. The first-order valence-electron chi connectivity index (χ1n) is 13.3. The van der Waals surface area contributed by atoms with Gasteiger partial charge in [-0.3, -0.25) is 4.39 Å². The van der Waals surface area contributed by atoms with E-state index in [1.807, 2.05) is 6.92 Å². The summed E-state index contributed by atoms with van der Waals surface area (Å²) in [5.41, 5.74) is 0. The largest absolute Gasteiger partial charge is 0.397 e. The fraction of sp³-hybridized carbons (Fsp3) is 0.963. The minimum atomic E-state index is -0.148. The number of halogens is 1. The zero-order valence-corrected chi connectivity index (χ0v) is 24.8. The van der Waals surface area contributed by atoms with E-state index in [4.69, 9.17) is 15.3 Å². The molecule has 0 aliphatic heterocycles. The molecule has 1 unspecified atom stereocenters. The van der Waals surface area contributed by atoms with Crippen LogP contribution in [0.15, 0.2) is 0 Å². The minimum absolute atomic E-state index is 0. The van der Waals surface area contributed by atoms with Crippen molar-refractivity contribution >= 4 is 0 Å². The van der Waals surface area contributed by atoms with Crippen molar-refractivity contribution < 1.29 is 45.9 Å². The number of hydrogen-bond acceptors (Lipinski definition) is 3. The quantitative estimate of drug-likeness (QED) is 0.121. The molecule has 1 atom stereocenters. The summed E-state index contributed by atoms with van der Waals surface area (Å²) >= 11 is 0. The van der Waals surface area contributed by atoms with E-state index in [0.29, 0.717) is 0 Å². The Balaban J connectivity index is -0.000000128. The zero-order valence-electron chi connectivity index (χ0n) is 22.4. The molecule has 0 amide bonds. The molecular formula is C27H60FO3Zr-. The Bertz CT molecular complexity index is 237. The number of aliphatic hydroxyl groups is 3. The molecule has 0 radical (unpaired) electrons. The maximum absolute atomic E-state index is 11.5. The van der Waals surface area contributed by atoms with E-state index in [9.17, 15) is 4.39 Å². The number of alkyl halides is 1. The van der Waals surface area contributed by atoms with E-state index in [1.54, 1.807) is 13.8 Å². The molecule has 0 saturated carbocycles. The maximum atomic E-state index is 11.5. The summed E-state index contributed by atoms with van der Waals surface area (Å²) in [5, 5.41) is 24.2. The number of rotatable bonds is 18. The van der Waals surface area contributed by atoms with Crippen LogP contribution in [0.25, 0.3) is 0 Å². The summed E-state index contributed by atoms with van der Waals surface area (Å²) in [4.78, 5) is 0. The third-order valence-corrected chi connectivity index (χ3v) is 4.61. The van der Waals surface area contributed by atoms with Crippen molar-refractivity contribution in [3.8, 4) is 0 Å². The van der Waals surface area contributed by atoms with Gasteiger partial charge in [0.1, 0.15) is 0 Å². The molecular weight excluding hydrogens is 483 g/mol. The van der Waals surface area contributed by atoms with Gasteiger partial charge in [-0.2, -0.15) is 6.42 Å². The minimum Gasteiger partial charge on any atom is -0.397 e. The van der Waals surface area contributed by atoms with E-state index in [1.165, 1.54) is 89.9 Å². The molecule has 0 bridgehead atoms. The molecule has 0 aromatic heterocycles. The normalized spacial score (nSPS) is 10.4. The predicted octanol–water partition coefficient (Wildman–Crippen LogP) is 8.19. The van der Waals surface area contributed by atoms with Gasteiger partial charge < -0.3 is 22.2 Å². The van der Waals surface area contributed by atoms with Crippen molar-refractivity contribution in [3.05, 3.63) is 6.92 Å². The first kappa shape index (κ1) is 42.8. The first-order valence-corrected chi connectivity index (χ1v) is 13.3. The van der Waals surface area contributed by atoms with Gasteiger partial charge in [-0.25, -0.2) is 0 Å². The Morgan fingerprint density at radius 2 is 0.938 bits per heavy atom. The van der Waals surface area contributed by atoms with Crippen LogP contribution >= 0.6 is 0 Å². The van der Waals surface area contributed by atoms with Crippen LogP contribution in [-0.2, 0) is 26.2 Å². The van der Waals surface area contributed by atoms with Crippen LogP contribution in [0, 0.1) is 6.92 Å². The Labute approximate surface area is 221 Å². The third kappa shape index (κ3) is 69.8. The third-order valence-electron chi connectivity index (χ3n) is 4.61. The average Bonchev–Trinajstić information content (AvgIpc) is 2.73. The SMILES string of the molecule is CCCCCCCCCCCCCC(C)O.CCO.CCO.[CH2-]CCCCCCCF.[Zr]. The molecule has 3 nitrogen and oxygen atoms in total. The van der Waals surface area contributed by atoms with Crippen LogP contribution in [0.2, 0.25) is 0 Å². The van der Waals surface area contributed by atoms with Gasteiger partial charge >= 0.3 is 0 Å². The first-order chi connectivity index (χ1) is 15.0. The number of hydrogen-bond donors (Lipinski definition) is 3. The molecule has 0 aromatic rings. The molecule has 0 aromatic carbocycles. The van der Waals surface area contributed by atoms with Crippen molar-refractivity contribution in [2.75, 3.05) is 19.9 Å². The molecule has 0 rings (SSSR count). The summed E-state index contributed by atoms with van der Waals surface area (Å²) in [6.07, 6.45) is 22.5. The monoisotopic (exact) mass is 541 g/mol. The summed E-state index contributed by atoms with van der Waals surface area (Å²) in [7, 11) is 0. The molecule has 0 aliphatic carbocycles. The molecule has 3 N–H and O–H groups in total. The summed E-state index contributed by atoms with van der Waals surface area (Å²) in [6, 6.07) is 0. The average molecular weight is 543 g/mol. The van der Waals surface area contributed by atoms with Crippen molar-refractivity contribution in [3.63, 3.8) is 0 Å². The number of aliphatic hydroxyl groups excluding tert-OH is 3. The Kier molecular flexibility index (Phi) is 65.5. The molecule has 0 heterocycles. The molecule has 5 heteroatoms. The van der Waals surface area contributed by atoms with Gasteiger partial charge in [-0.05, 0) is 33.6 Å². The van der Waals surface area contributed by atoms with Gasteiger partial charge in [0.15, 0.2) is 0 Å². The van der Waals surface area contributed by atoms with Gasteiger partial charge in [0.05, 0.1) is 12.8 Å². The van der Waals surface area contributed by atoms with Crippen LogP contribution in [-0.4, -0.2) is 41.3 Å². The van der Waals surface area contributed by atoms with Crippen molar-refractivity contribution in [2.24, 2.45) is 0 Å². The molecule has 32 heavy (non-hydrogen) atoms.